The van der Waals surface area contributed by atoms with E-state index in [2.05, 4.69) is 5.32 Å². The minimum absolute atomic E-state index is 0.146. The predicted octanol–water partition coefficient (Wildman–Crippen LogP) is 2.46. The van der Waals surface area contributed by atoms with Crippen molar-refractivity contribution >= 4 is 22.8 Å². The second kappa shape index (κ2) is 8.60. The summed E-state index contributed by atoms with van der Waals surface area (Å²) in [6, 6.07) is 13.0. The third kappa shape index (κ3) is 4.63. The molecule has 3 aromatic rings. The monoisotopic (exact) mass is 395 g/mol. The Balaban J connectivity index is 1.81. The Morgan fingerprint density at radius 2 is 1.90 bits per heavy atom. The zero-order valence-corrected chi connectivity index (χ0v) is 16.1. The fourth-order valence-electron chi connectivity index (χ4n) is 3.16. The third-order valence-corrected chi connectivity index (χ3v) is 4.75. The van der Waals surface area contributed by atoms with Crippen LogP contribution in [0.2, 0.25) is 0 Å². The lowest BCUT2D eigenvalue weighted by Gasteiger charge is -2.15. The van der Waals surface area contributed by atoms with Gasteiger partial charge in [-0.25, -0.2) is 9.59 Å². The van der Waals surface area contributed by atoms with E-state index in [1.165, 1.54) is 7.11 Å². The SMILES string of the molecule is COc1ccc2c(C)c(CC(=O)NC(Cc3ccccc3)C(=O)O)c(=O)oc2c1. The highest BCUT2D eigenvalue weighted by Crippen LogP contribution is 2.24. The van der Waals surface area contributed by atoms with E-state index in [1.54, 1.807) is 49.4 Å². The molecule has 0 aliphatic rings. The number of methoxy groups -OCH3 is 1. The van der Waals surface area contributed by atoms with Crippen LogP contribution in [0, 0.1) is 6.92 Å². The Morgan fingerprint density at radius 3 is 2.55 bits per heavy atom. The maximum atomic E-state index is 12.5. The summed E-state index contributed by atoms with van der Waals surface area (Å²) in [5.74, 6) is -1.15. The first-order valence-electron chi connectivity index (χ1n) is 9.05. The fourth-order valence-corrected chi connectivity index (χ4v) is 3.16. The predicted molar refractivity (Wildman–Crippen MR) is 107 cm³/mol. The van der Waals surface area contributed by atoms with Crippen LogP contribution in [0.4, 0.5) is 0 Å². The van der Waals surface area contributed by atoms with E-state index in [-0.39, 0.29) is 18.4 Å². The molecule has 150 valence electrons. The smallest absolute Gasteiger partial charge is 0.340 e. The van der Waals surface area contributed by atoms with Gasteiger partial charge in [-0.1, -0.05) is 30.3 Å². The van der Waals surface area contributed by atoms with Gasteiger partial charge in [-0.3, -0.25) is 4.79 Å². The number of carboxylic acids is 1. The average Bonchev–Trinajstić information content (AvgIpc) is 2.70. The summed E-state index contributed by atoms with van der Waals surface area (Å²) in [6.07, 6.45) is -0.123. The van der Waals surface area contributed by atoms with Gasteiger partial charge in [-0.2, -0.15) is 0 Å². The number of nitrogens with one attached hydrogen (secondary N) is 1. The van der Waals surface area contributed by atoms with Crippen LogP contribution < -0.4 is 15.7 Å². The highest BCUT2D eigenvalue weighted by Gasteiger charge is 2.22. The summed E-state index contributed by atoms with van der Waals surface area (Å²) in [6.45, 7) is 1.73. The number of aliphatic carboxylic acids is 1. The Kier molecular flexibility index (Phi) is 5.97. The van der Waals surface area contributed by atoms with Gasteiger partial charge < -0.3 is 19.6 Å². The van der Waals surface area contributed by atoms with Gasteiger partial charge in [0.25, 0.3) is 0 Å². The number of carbonyl (C=O) groups excluding carboxylic acids is 1. The van der Waals surface area contributed by atoms with E-state index in [9.17, 15) is 19.5 Å². The van der Waals surface area contributed by atoms with Crippen molar-refractivity contribution in [1.29, 1.82) is 0 Å². The Labute approximate surface area is 166 Å². The van der Waals surface area contributed by atoms with Crippen molar-refractivity contribution in [2.75, 3.05) is 7.11 Å². The summed E-state index contributed by atoms with van der Waals surface area (Å²) in [7, 11) is 1.51. The molecule has 2 aromatic carbocycles. The molecule has 7 heteroatoms. The Bertz CT molecular complexity index is 1100. The van der Waals surface area contributed by atoms with Gasteiger partial charge in [0, 0.05) is 17.9 Å². The van der Waals surface area contributed by atoms with Crippen molar-refractivity contribution in [3.05, 3.63) is 75.6 Å². The molecule has 0 saturated carbocycles. The van der Waals surface area contributed by atoms with E-state index in [4.69, 9.17) is 9.15 Å². The van der Waals surface area contributed by atoms with E-state index in [1.807, 2.05) is 6.07 Å². The zero-order valence-electron chi connectivity index (χ0n) is 16.1. The number of fused-ring (bicyclic) bond motifs is 1. The molecule has 1 atom stereocenters. The number of rotatable bonds is 7. The van der Waals surface area contributed by atoms with Crippen LogP contribution in [-0.2, 0) is 22.4 Å². The second-order valence-electron chi connectivity index (χ2n) is 6.68. The molecule has 0 aliphatic heterocycles. The summed E-state index contributed by atoms with van der Waals surface area (Å²) in [4.78, 5) is 36.4. The molecule has 29 heavy (non-hydrogen) atoms. The van der Waals surface area contributed by atoms with Crippen LogP contribution in [0.3, 0.4) is 0 Å². The largest absolute Gasteiger partial charge is 0.497 e. The van der Waals surface area contributed by atoms with Crippen molar-refractivity contribution in [1.82, 2.24) is 5.32 Å². The summed E-state index contributed by atoms with van der Waals surface area (Å²) in [5.41, 5.74) is 1.33. The molecule has 0 bridgehead atoms. The van der Waals surface area contributed by atoms with Gasteiger partial charge in [-0.15, -0.1) is 0 Å². The van der Waals surface area contributed by atoms with E-state index in [0.29, 0.717) is 22.3 Å². The van der Waals surface area contributed by atoms with Gasteiger partial charge in [-0.05, 0) is 30.2 Å². The number of hydrogen-bond donors (Lipinski definition) is 2. The molecule has 1 aromatic heterocycles. The first-order valence-corrected chi connectivity index (χ1v) is 9.05. The molecule has 1 unspecified atom stereocenters. The van der Waals surface area contributed by atoms with Gasteiger partial charge in [0.1, 0.15) is 17.4 Å². The second-order valence-corrected chi connectivity index (χ2v) is 6.68. The minimum Gasteiger partial charge on any atom is -0.497 e. The van der Waals surface area contributed by atoms with Gasteiger partial charge in [0.05, 0.1) is 19.1 Å². The number of aryl methyl sites for hydroxylation is 1. The van der Waals surface area contributed by atoms with Crippen LogP contribution >= 0.6 is 0 Å². The molecule has 3 rings (SSSR count). The van der Waals surface area contributed by atoms with Crippen molar-refractivity contribution in [3.8, 4) is 5.75 Å². The van der Waals surface area contributed by atoms with Crippen LogP contribution in [0.15, 0.2) is 57.7 Å². The molecule has 0 aliphatic carbocycles. The molecular formula is C22H21NO6. The van der Waals surface area contributed by atoms with E-state index < -0.39 is 23.5 Å². The average molecular weight is 395 g/mol. The number of benzene rings is 2. The number of ether oxygens (including phenoxy) is 1. The van der Waals surface area contributed by atoms with Crippen LogP contribution in [0.25, 0.3) is 11.0 Å². The van der Waals surface area contributed by atoms with Crippen molar-refractivity contribution in [3.63, 3.8) is 0 Å². The molecular weight excluding hydrogens is 374 g/mol. The van der Waals surface area contributed by atoms with Crippen LogP contribution in [0.5, 0.6) is 5.75 Å². The summed E-state index contributed by atoms with van der Waals surface area (Å²) in [5, 5.41) is 12.6. The van der Waals surface area contributed by atoms with E-state index in [0.717, 1.165) is 5.56 Å². The Hall–Kier alpha value is -3.61. The number of amides is 1. The Morgan fingerprint density at radius 1 is 1.17 bits per heavy atom. The highest BCUT2D eigenvalue weighted by molar-refractivity contribution is 5.87. The third-order valence-electron chi connectivity index (χ3n) is 4.75. The lowest BCUT2D eigenvalue weighted by atomic mass is 10.0. The quantitative estimate of drug-likeness (QED) is 0.596. The summed E-state index contributed by atoms with van der Waals surface area (Å²) < 4.78 is 10.5. The van der Waals surface area contributed by atoms with Gasteiger partial charge in [0.15, 0.2) is 0 Å². The maximum absolute atomic E-state index is 12.5. The number of hydrogen-bond acceptors (Lipinski definition) is 5. The molecule has 7 nitrogen and oxygen atoms in total. The minimum atomic E-state index is -1.14. The van der Waals surface area contributed by atoms with Crippen LogP contribution in [-0.4, -0.2) is 30.1 Å². The molecule has 2 N–H and O–H groups in total. The van der Waals surface area contributed by atoms with Gasteiger partial charge >= 0.3 is 11.6 Å². The fraction of sp³-hybridized carbons (Fsp3) is 0.227. The molecule has 1 amide bonds. The molecule has 1 heterocycles. The number of carboxylic acid groups (broad SMARTS) is 1. The van der Waals surface area contributed by atoms with Crippen molar-refractivity contribution in [2.24, 2.45) is 0 Å². The maximum Gasteiger partial charge on any atom is 0.340 e. The molecule has 0 spiro atoms. The lowest BCUT2D eigenvalue weighted by molar-refractivity contribution is -0.141. The lowest BCUT2D eigenvalue weighted by Crippen LogP contribution is -2.43. The molecule has 0 saturated heterocycles. The standard InChI is InChI=1S/C22H21NO6/c1-13-16-9-8-15(28-2)11-19(16)29-22(27)17(13)12-20(24)23-18(21(25)26)10-14-6-4-3-5-7-14/h3-9,11,18H,10,12H2,1-2H3,(H,23,24)(H,25,26). The summed E-state index contributed by atoms with van der Waals surface area (Å²) >= 11 is 0. The van der Waals surface area contributed by atoms with Crippen LogP contribution in [0.1, 0.15) is 16.7 Å². The number of carbonyl (C=O) groups is 2. The van der Waals surface area contributed by atoms with Crippen molar-refractivity contribution < 1.29 is 23.8 Å². The zero-order chi connectivity index (χ0) is 21.0. The topological polar surface area (TPSA) is 106 Å². The molecule has 0 fully saturated rings. The highest BCUT2D eigenvalue weighted by atomic mass is 16.5. The van der Waals surface area contributed by atoms with E-state index >= 15 is 0 Å². The first-order chi connectivity index (χ1) is 13.9. The first kappa shape index (κ1) is 20.1. The van der Waals surface area contributed by atoms with Gasteiger partial charge in [0.2, 0.25) is 5.91 Å². The molecule has 0 radical (unpaired) electrons. The van der Waals surface area contributed by atoms with Crippen molar-refractivity contribution in [2.45, 2.75) is 25.8 Å². The normalized spacial score (nSPS) is 11.8.